The van der Waals surface area contributed by atoms with Crippen molar-refractivity contribution in [1.29, 1.82) is 0 Å². The summed E-state index contributed by atoms with van der Waals surface area (Å²) >= 11 is 0. The number of hydrogen-bond acceptors (Lipinski definition) is 3. The first-order valence-electron chi connectivity index (χ1n) is 7.31. The average molecular weight is 285 g/mol. The summed E-state index contributed by atoms with van der Waals surface area (Å²) in [6.07, 6.45) is 1.78. The minimum Gasteiger partial charge on any atom is -0.349 e. The van der Waals surface area contributed by atoms with Gasteiger partial charge in [-0.15, -0.1) is 0 Å². The number of aromatic nitrogens is 2. The van der Waals surface area contributed by atoms with Crippen LogP contribution in [0, 0.1) is 13.8 Å². The normalized spacial score (nSPS) is 11.1. The Morgan fingerprint density at radius 2 is 2.10 bits per heavy atom. The fraction of sp³-hybridized carbons (Fsp3) is 0.412. The molecule has 0 radical (unpaired) electrons. The summed E-state index contributed by atoms with van der Waals surface area (Å²) in [5.74, 6) is 0.168. The first-order valence-corrected chi connectivity index (χ1v) is 7.31. The molecule has 0 unspecified atom stereocenters. The summed E-state index contributed by atoms with van der Waals surface area (Å²) in [6.45, 7) is 8.15. The van der Waals surface area contributed by atoms with Gasteiger partial charge in [0.05, 0.1) is 12.2 Å². The number of Topliss-reactive ketones (excluding diaryl/α,β-unsaturated/α-hetero) is 1. The molecule has 0 fully saturated rings. The quantitative estimate of drug-likeness (QED) is 0.766. The molecule has 2 rings (SSSR count). The van der Waals surface area contributed by atoms with Crippen LogP contribution in [0.25, 0.3) is 0 Å². The monoisotopic (exact) mass is 285 g/mol. The zero-order valence-corrected chi connectivity index (χ0v) is 13.3. The Kier molecular flexibility index (Phi) is 4.91. The van der Waals surface area contributed by atoms with Crippen LogP contribution in [0.3, 0.4) is 0 Å². The lowest BCUT2D eigenvalue weighted by Gasteiger charge is -2.15. The van der Waals surface area contributed by atoms with Crippen LogP contribution in [0.15, 0.2) is 30.5 Å². The zero-order chi connectivity index (χ0) is 15.4. The highest BCUT2D eigenvalue weighted by molar-refractivity contribution is 5.99. The van der Waals surface area contributed by atoms with E-state index in [9.17, 15) is 4.79 Å². The summed E-state index contributed by atoms with van der Waals surface area (Å²) in [5, 5.41) is 0. The molecule has 0 spiro atoms. The van der Waals surface area contributed by atoms with Gasteiger partial charge in [0.1, 0.15) is 0 Å². The molecule has 0 aliphatic carbocycles. The highest BCUT2D eigenvalue weighted by Gasteiger charge is 2.16. The maximum Gasteiger partial charge on any atom is 0.178 e. The van der Waals surface area contributed by atoms with Crippen LogP contribution in [0.2, 0.25) is 0 Å². The highest BCUT2D eigenvalue weighted by Crippen LogP contribution is 2.16. The van der Waals surface area contributed by atoms with Gasteiger partial charge in [0.2, 0.25) is 0 Å². The maximum absolute atomic E-state index is 12.5. The number of rotatable bonds is 6. The van der Waals surface area contributed by atoms with Crippen LogP contribution in [0.5, 0.6) is 0 Å². The third-order valence-electron chi connectivity index (χ3n) is 3.76. The van der Waals surface area contributed by atoms with E-state index in [0.29, 0.717) is 13.1 Å². The second-order valence-electron chi connectivity index (χ2n) is 5.45. The minimum absolute atomic E-state index is 0.168. The first kappa shape index (κ1) is 15.4. The lowest BCUT2D eigenvalue weighted by atomic mass is 10.1. The molecule has 0 saturated carbocycles. The van der Waals surface area contributed by atoms with Gasteiger partial charge in [0.25, 0.3) is 0 Å². The van der Waals surface area contributed by atoms with Crippen LogP contribution in [0.1, 0.15) is 34.4 Å². The van der Waals surface area contributed by atoms with Gasteiger partial charge in [0, 0.05) is 36.2 Å². The van der Waals surface area contributed by atoms with Gasteiger partial charge in [-0.2, -0.15) is 0 Å². The molecule has 4 nitrogen and oxygen atoms in total. The SMILES string of the molecule is CCn1c(C)cc(C(=O)CN(C)Cc2ccccn2)c1C. The van der Waals surface area contributed by atoms with Gasteiger partial charge in [-0.05, 0) is 46.0 Å². The number of likely N-dealkylation sites (N-methyl/N-ethyl adjacent to an activating group) is 1. The van der Waals surface area contributed by atoms with Crippen molar-refractivity contribution in [2.24, 2.45) is 0 Å². The number of pyridine rings is 1. The van der Waals surface area contributed by atoms with Gasteiger partial charge >= 0.3 is 0 Å². The van der Waals surface area contributed by atoms with E-state index in [1.54, 1.807) is 6.20 Å². The Labute approximate surface area is 126 Å². The average Bonchev–Trinajstić information content (AvgIpc) is 2.74. The second-order valence-corrected chi connectivity index (χ2v) is 5.45. The molecule has 0 bridgehead atoms. The lowest BCUT2D eigenvalue weighted by molar-refractivity contribution is 0.0942. The van der Waals surface area contributed by atoms with Gasteiger partial charge in [-0.3, -0.25) is 14.7 Å². The highest BCUT2D eigenvalue weighted by atomic mass is 16.1. The Hall–Kier alpha value is -1.94. The number of aryl methyl sites for hydroxylation is 1. The van der Waals surface area contributed by atoms with E-state index in [0.717, 1.165) is 29.2 Å². The van der Waals surface area contributed by atoms with E-state index in [2.05, 4.69) is 16.5 Å². The van der Waals surface area contributed by atoms with E-state index in [1.807, 2.05) is 50.1 Å². The van der Waals surface area contributed by atoms with Crippen molar-refractivity contribution in [2.75, 3.05) is 13.6 Å². The van der Waals surface area contributed by atoms with Crippen molar-refractivity contribution in [3.05, 3.63) is 53.1 Å². The predicted molar refractivity (Wildman–Crippen MR) is 84.5 cm³/mol. The van der Waals surface area contributed by atoms with Crippen LogP contribution in [-0.4, -0.2) is 33.8 Å². The van der Waals surface area contributed by atoms with Crippen LogP contribution >= 0.6 is 0 Å². The van der Waals surface area contributed by atoms with Gasteiger partial charge in [-0.1, -0.05) is 6.07 Å². The Morgan fingerprint density at radius 1 is 1.33 bits per heavy atom. The Bertz CT molecular complexity index is 616. The lowest BCUT2D eigenvalue weighted by Crippen LogP contribution is -2.26. The molecule has 21 heavy (non-hydrogen) atoms. The van der Waals surface area contributed by atoms with E-state index in [4.69, 9.17) is 0 Å². The van der Waals surface area contributed by atoms with Crippen molar-refractivity contribution in [3.63, 3.8) is 0 Å². The molecular formula is C17H23N3O. The fourth-order valence-electron chi connectivity index (χ4n) is 2.72. The predicted octanol–water partition coefficient (Wildman–Crippen LogP) is 2.83. The molecule has 2 aromatic rings. The molecule has 2 aromatic heterocycles. The number of hydrogen-bond donors (Lipinski definition) is 0. The maximum atomic E-state index is 12.5. The summed E-state index contributed by atoms with van der Waals surface area (Å²) in [5.41, 5.74) is 4.02. The van der Waals surface area contributed by atoms with E-state index in [-0.39, 0.29) is 5.78 Å². The summed E-state index contributed by atoms with van der Waals surface area (Å²) in [6, 6.07) is 7.83. The van der Waals surface area contributed by atoms with E-state index >= 15 is 0 Å². The van der Waals surface area contributed by atoms with Crippen LogP contribution in [0.4, 0.5) is 0 Å². The van der Waals surface area contributed by atoms with Crippen molar-refractivity contribution < 1.29 is 4.79 Å². The molecule has 0 N–H and O–H groups in total. The van der Waals surface area contributed by atoms with Crippen molar-refractivity contribution in [3.8, 4) is 0 Å². The van der Waals surface area contributed by atoms with Crippen LogP contribution in [-0.2, 0) is 13.1 Å². The molecule has 4 heteroatoms. The summed E-state index contributed by atoms with van der Waals surface area (Å²) < 4.78 is 2.17. The second kappa shape index (κ2) is 6.68. The Balaban J connectivity index is 2.04. The minimum atomic E-state index is 0.168. The molecule has 112 valence electrons. The fourth-order valence-corrected chi connectivity index (χ4v) is 2.72. The van der Waals surface area contributed by atoms with Gasteiger partial charge in [0.15, 0.2) is 5.78 Å². The topological polar surface area (TPSA) is 38.1 Å². The summed E-state index contributed by atoms with van der Waals surface area (Å²) in [7, 11) is 1.95. The number of carbonyl (C=O) groups excluding carboxylic acids is 1. The first-order chi connectivity index (χ1) is 10.0. The van der Waals surface area contributed by atoms with Crippen molar-refractivity contribution in [2.45, 2.75) is 33.9 Å². The molecule has 0 saturated heterocycles. The zero-order valence-electron chi connectivity index (χ0n) is 13.3. The molecule has 0 amide bonds. The van der Waals surface area contributed by atoms with Gasteiger partial charge < -0.3 is 4.57 Å². The molecule has 0 aliphatic rings. The van der Waals surface area contributed by atoms with Gasteiger partial charge in [-0.25, -0.2) is 0 Å². The third kappa shape index (κ3) is 3.58. The molecule has 2 heterocycles. The van der Waals surface area contributed by atoms with Crippen LogP contribution < -0.4 is 0 Å². The van der Waals surface area contributed by atoms with E-state index < -0.39 is 0 Å². The van der Waals surface area contributed by atoms with E-state index in [1.165, 1.54) is 0 Å². The largest absolute Gasteiger partial charge is 0.349 e. The Morgan fingerprint density at radius 3 is 2.67 bits per heavy atom. The smallest absolute Gasteiger partial charge is 0.178 e. The summed E-state index contributed by atoms with van der Waals surface area (Å²) in [4.78, 5) is 18.8. The van der Waals surface area contributed by atoms with Crippen molar-refractivity contribution in [1.82, 2.24) is 14.5 Å². The number of ketones is 1. The molecule has 0 aromatic carbocycles. The number of carbonyl (C=O) groups is 1. The molecule has 0 aliphatic heterocycles. The third-order valence-corrected chi connectivity index (χ3v) is 3.76. The number of nitrogens with zero attached hydrogens (tertiary/aromatic N) is 3. The molecular weight excluding hydrogens is 262 g/mol. The molecule has 0 atom stereocenters. The standard InChI is InChI=1S/C17H23N3O/c1-5-20-13(2)10-16(14(20)3)17(21)12-19(4)11-15-8-6-7-9-18-15/h6-10H,5,11-12H2,1-4H3. The van der Waals surface area contributed by atoms with Crippen molar-refractivity contribution >= 4 is 5.78 Å².